The first kappa shape index (κ1) is 28.1. The van der Waals surface area contributed by atoms with Gasteiger partial charge in [0.1, 0.15) is 11.5 Å². The van der Waals surface area contributed by atoms with Crippen LogP contribution >= 0.6 is 11.6 Å². The zero-order valence-electron chi connectivity index (χ0n) is 23.6. The van der Waals surface area contributed by atoms with Gasteiger partial charge >= 0.3 is 0 Å². The number of anilines is 2. The first-order valence-electron chi connectivity index (χ1n) is 13.7. The van der Waals surface area contributed by atoms with Gasteiger partial charge in [0.15, 0.2) is 5.78 Å². The molecule has 0 radical (unpaired) electrons. The molecule has 0 aliphatic carbocycles. The second-order valence-electron chi connectivity index (χ2n) is 10.9. The third-order valence-corrected chi connectivity index (χ3v) is 7.37. The number of halogens is 1. The summed E-state index contributed by atoms with van der Waals surface area (Å²) in [6.07, 6.45) is 2.19. The number of fused-ring (bicyclic) bond motifs is 1. The Morgan fingerprint density at radius 2 is 1.85 bits per heavy atom. The van der Waals surface area contributed by atoms with Gasteiger partial charge in [-0.1, -0.05) is 25.4 Å². The summed E-state index contributed by atoms with van der Waals surface area (Å²) >= 11 is 6.37. The van der Waals surface area contributed by atoms with Gasteiger partial charge in [-0.15, -0.1) is 0 Å². The number of ether oxygens (including phenoxy) is 2. The number of carbonyl (C=O) groups is 1. The van der Waals surface area contributed by atoms with Crippen molar-refractivity contribution in [3.8, 4) is 11.5 Å². The van der Waals surface area contributed by atoms with Gasteiger partial charge in [0.05, 0.1) is 41.9 Å². The predicted octanol–water partition coefficient (Wildman–Crippen LogP) is 6.50. The molecule has 1 fully saturated rings. The van der Waals surface area contributed by atoms with Crippen LogP contribution in [0.25, 0.3) is 11.0 Å². The highest BCUT2D eigenvalue weighted by atomic mass is 35.5. The number of morpholine rings is 1. The number of Topliss-reactive ketones (excluding diaryl/α,β-unsaturated/α-hetero) is 1. The number of imidazole rings is 1. The van der Waals surface area contributed by atoms with Crippen molar-refractivity contribution in [2.75, 3.05) is 25.0 Å². The Balaban J connectivity index is 1.26. The number of benzene rings is 2. The standard InChI is InChI=1S/C31H36ClN5O3/c1-19(2)27-14-22(6-8-28(27)32)34-31-35-29-15-25(7-9-30(29)36(31)5)40-26-10-11-33-23(13-26)12-24(38)18-37-16-20(3)39-21(4)17-37/h6-11,13-15,19-21H,12,16-18H2,1-5H3,(H,34,35)/t20-,21+. The molecular formula is C31H36ClN5O3. The molecule has 0 unspecified atom stereocenters. The fourth-order valence-corrected chi connectivity index (χ4v) is 5.56. The zero-order chi connectivity index (χ0) is 28.4. The van der Waals surface area contributed by atoms with Crippen LogP contribution in [0.3, 0.4) is 0 Å². The third kappa shape index (κ3) is 6.63. The van der Waals surface area contributed by atoms with Crippen molar-refractivity contribution in [2.24, 2.45) is 7.05 Å². The lowest BCUT2D eigenvalue weighted by Crippen LogP contribution is -2.47. The second-order valence-corrected chi connectivity index (χ2v) is 11.3. The van der Waals surface area contributed by atoms with Crippen LogP contribution < -0.4 is 10.1 Å². The van der Waals surface area contributed by atoms with Crippen molar-refractivity contribution in [1.29, 1.82) is 0 Å². The number of pyridine rings is 1. The normalized spacial score (nSPS) is 17.9. The Morgan fingerprint density at radius 3 is 2.60 bits per heavy atom. The molecule has 9 heteroatoms. The maximum absolute atomic E-state index is 12.8. The highest BCUT2D eigenvalue weighted by molar-refractivity contribution is 6.31. The number of nitrogens with zero attached hydrogens (tertiary/aromatic N) is 4. The maximum atomic E-state index is 12.8. The second kappa shape index (κ2) is 12.0. The third-order valence-electron chi connectivity index (χ3n) is 7.02. The molecule has 0 bridgehead atoms. The molecule has 40 heavy (non-hydrogen) atoms. The van der Waals surface area contributed by atoms with Crippen LogP contribution in [0.15, 0.2) is 54.7 Å². The Kier molecular flexibility index (Phi) is 8.40. The molecule has 2 aromatic heterocycles. The van der Waals surface area contributed by atoms with Gasteiger partial charge in [0.2, 0.25) is 5.95 Å². The van der Waals surface area contributed by atoms with Crippen molar-refractivity contribution in [3.63, 3.8) is 0 Å². The number of hydrogen-bond acceptors (Lipinski definition) is 7. The molecule has 1 saturated heterocycles. The van der Waals surface area contributed by atoms with E-state index < -0.39 is 0 Å². The molecule has 2 atom stereocenters. The molecule has 0 amide bonds. The van der Waals surface area contributed by atoms with Crippen molar-refractivity contribution < 1.29 is 14.3 Å². The number of ketones is 1. The molecule has 1 aliphatic rings. The van der Waals surface area contributed by atoms with Crippen molar-refractivity contribution in [1.82, 2.24) is 19.4 Å². The highest BCUT2D eigenvalue weighted by Crippen LogP contribution is 2.31. The van der Waals surface area contributed by atoms with Gasteiger partial charge in [-0.2, -0.15) is 0 Å². The molecular weight excluding hydrogens is 526 g/mol. The molecule has 2 aromatic carbocycles. The average Bonchev–Trinajstić information content (AvgIpc) is 3.18. The van der Waals surface area contributed by atoms with E-state index in [4.69, 9.17) is 26.1 Å². The molecule has 1 N–H and O–H groups in total. The average molecular weight is 562 g/mol. The summed E-state index contributed by atoms with van der Waals surface area (Å²) in [6.45, 7) is 10.2. The van der Waals surface area contributed by atoms with E-state index in [0.717, 1.165) is 46.3 Å². The lowest BCUT2D eigenvalue weighted by Gasteiger charge is -2.34. The number of rotatable bonds is 9. The fourth-order valence-electron chi connectivity index (χ4n) is 5.22. The van der Waals surface area contributed by atoms with Gasteiger partial charge in [-0.3, -0.25) is 14.7 Å². The maximum Gasteiger partial charge on any atom is 0.208 e. The van der Waals surface area contributed by atoms with E-state index >= 15 is 0 Å². The summed E-state index contributed by atoms with van der Waals surface area (Å²) in [4.78, 5) is 24.1. The first-order chi connectivity index (χ1) is 19.1. The number of aromatic nitrogens is 3. The molecule has 4 aromatic rings. The Hall–Kier alpha value is -3.46. The summed E-state index contributed by atoms with van der Waals surface area (Å²) in [5, 5.41) is 4.18. The lowest BCUT2D eigenvalue weighted by molar-refractivity contribution is -0.123. The summed E-state index contributed by atoms with van der Waals surface area (Å²) < 4.78 is 13.9. The van der Waals surface area contributed by atoms with E-state index in [2.05, 4.69) is 35.1 Å². The smallest absolute Gasteiger partial charge is 0.208 e. The highest BCUT2D eigenvalue weighted by Gasteiger charge is 2.24. The fraction of sp³-hybridized carbons (Fsp3) is 0.387. The number of aryl methyl sites for hydroxylation is 1. The summed E-state index contributed by atoms with van der Waals surface area (Å²) in [5.41, 5.74) is 4.48. The minimum Gasteiger partial charge on any atom is -0.457 e. The number of nitrogens with one attached hydrogen (secondary N) is 1. The SMILES string of the molecule is CC(C)c1cc(Nc2nc3cc(Oc4ccnc(CC(=O)CN5C[C@@H](C)O[C@@H](C)C5)c4)ccc3n2C)ccc1Cl. The van der Waals surface area contributed by atoms with Crippen LogP contribution in [-0.4, -0.2) is 57.1 Å². The molecule has 1 aliphatic heterocycles. The zero-order valence-corrected chi connectivity index (χ0v) is 24.4. The monoisotopic (exact) mass is 561 g/mol. The molecule has 5 rings (SSSR count). The largest absolute Gasteiger partial charge is 0.457 e. The molecule has 0 spiro atoms. The van der Waals surface area contributed by atoms with Crippen LogP contribution in [0, 0.1) is 0 Å². The van der Waals surface area contributed by atoms with Gasteiger partial charge in [-0.05, 0) is 61.7 Å². The van der Waals surface area contributed by atoms with Crippen molar-refractivity contribution >= 4 is 40.1 Å². The van der Waals surface area contributed by atoms with Crippen LogP contribution in [0.1, 0.15) is 44.9 Å². The van der Waals surface area contributed by atoms with Gasteiger partial charge in [-0.25, -0.2) is 4.98 Å². The van der Waals surface area contributed by atoms with Gasteiger partial charge in [0, 0.05) is 49.2 Å². The summed E-state index contributed by atoms with van der Waals surface area (Å²) in [6, 6.07) is 15.4. The minimum absolute atomic E-state index is 0.127. The number of carbonyl (C=O) groups excluding carboxylic acids is 1. The van der Waals surface area contributed by atoms with Gasteiger partial charge in [0.25, 0.3) is 0 Å². The number of hydrogen-bond donors (Lipinski definition) is 1. The van der Waals surface area contributed by atoms with Crippen LogP contribution in [0.2, 0.25) is 5.02 Å². The predicted molar refractivity (Wildman–Crippen MR) is 159 cm³/mol. The summed E-state index contributed by atoms with van der Waals surface area (Å²) in [5.74, 6) is 2.45. The molecule has 8 nitrogen and oxygen atoms in total. The van der Waals surface area contributed by atoms with E-state index in [1.165, 1.54) is 0 Å². The quantitative estimate of drug-likeness (QED) is 0.250. The Labute approximate surface area is 240 Å². The van der Waals surface area contributed by atoms with Crippen molar-refractivity contribution in [2.45, 2.75) is 52.2 Å². The van der Waals surface area contributed by atoms with Crippen LogP contribution in [0.5, 0.6) is 11.5 Å². The molecule has 0 saturated carbocycles. The topological polar surface area (TPSA) is 81.5 Å². The van der Waals surface area contributed by atoms with Gasteiger partial charge < -0.3 is 19.4 Å². The van der Waals surface area contributed by atoms with Crippen molar-refractivity contribution in [3.05, 3.63) is 71.0 Å². The van der Waals surface area contributed by atoms with E-state index in [-0.39, 0.29) is 24.4 Å². The minimum atomic E-state index is 0.127. The molecule has 3 heterocycles. The Bertz CT molecular complexity index is 1510. The van der Waals surface area contributed by atoms with E-state index in [9.17, 15) is 4.79 Å². The molecule has 210 valence electrons. The summed E-state index contributed by atoms with van der Waals surface area (Å²) in [7, 11) is 1.97. The van der Waals surface area contributed by atoms with E-state index in [1.54, 1.807) is 12.3 Å². The van der Waals surface area contributed by atoms with Crippen LogP contribution in [-0.2, 0) is 23.0 Å². The first-order valence-corrected chi connectivity index (χ1v) is 14.1. The lowest BCUT2D eigenvalue weighted by atomic mass is 10.0. The van der Waals surface area contributed by atoms with Crippen LogP contribution in [0.4, 0.5) is 11.6 Å². The van der Waals surface area contributed by atoms with E-state index in [1.807, 2.05) is 61.9 Å². The van der Waals surface area contributed by atoms with E-state index in [0.29, 0.717) is 29.7 Å². The Morgan fingerprint density at radius 1 is 1.10 bits per heavy atom.